The topological polar surface area (TPSA) is 46.3 Å². The molecule has 0 fully saturated rings. The molecule has 0 spiro atoms. The van der Waals surface area contributed by atoms with Gasteiger partial charge in [0.05, 0.1) is 11.7 Å². The fourth-order valence-electron chi connectivity index (χ4n) is 1.64. The molecule has 80 valence electrons. The SMILES string of the molecule is C[C@@H](N)C(=O)N1CCSc2ccccc21. The Kier molecular flexibility index (Phi) is 2.98. The molecular formula is C11H14N2OS. The molecule has 0 bridgehead atoms. The molecule has 0 unspecified atom stereocenters. The number of amides is 1. The molecule has 2 N–H and O–H groups in total. The van der Waals surface area contributed by atoms with Crippen LogP contribution < -0.4 is 10.6 Å². The third-order valence-electron chi connectivity index (χ3n) is 2.38. The van der Waals surface area contributed by atoms with Crippen molar-refractivity contribution in [3.8, 4) is 0 Å². The van der Waals surface area contributed by atoms with Gasteiger partial charge in [0.25, 0.3) is 0 Å². The Hall–Kier alpha value is -1.00. The van der Waals surface area contributed by atoms with Crippen molar-refractivity contribution in [3.63, 3.8) is 0 Å². The second-order valence-corrected chi connectivity index (χ2v) is 4.73. The van der Waals surface area contributed by atoms with Crippen LogP contribution in [0.5, 0.6) is 0 Å². The summed E-state index contributed by atoms with van der Waals surface area (Å²) in [6.07, 6.45) is 0. The molecule has 1 aliphatic rings. The molecule has 1 heterocycles. The van der Waals surface area contributed by atoms with Gasteiger partial charge in [-0.3, -0.25) is 4.79 Å². The first-order chi connectivity index (χ1) is 7.20. The molecule has 1 aromatic carbocycles. The van der Waals surface area contributed by atoms with Gasteiger partial charge < -0.3 is 10.6 Å². The highest BCUT2D eigenvalue weighted by atomic mass is 32.2. The molecule has 0 saturated carbocycles. The smallest absolute Gasteiger partial charge is 0.243 e. The Morgan fingerprint density at radius 3 is 3.00 bits per heavy atom. The highest BCUT2D eigenvalue weighted by Gasteiger charge is 2.24. The van der Waals surface area contributed by atoms with Crippen molar-refractivity contribution in [3.05, 3.63) is 24.3 Å². The summed E-state index contributed by atoms with van der Waals surface area (Å²) in [6.45, 7) is 2.48. The molecule has 0 saturated heterocycles. The van der Waals surface area contributed by atoms with E-state index in [9.17, 15) is 4.79 Å². The van der Waals surface area contributed by atoms with Crippen LogP contribution in [0.4, 0.5) is 5.69 Å². The third kappa shape index (κ3) is 2.01. The van der Waals surface area contributed by atoms with Crippen LogP contribution in [-0.4, -0.2) is 24.2 Å². The second kappa shape index (κ2) is 4.24. The van der Waals surface area contributed by atoms with Crippen molar-refractivity contribution in [2.75, 3.05) is 17.2 Å². The van der Waals surface area contributed by atoms with Crippen molar-refractivity contribution in [1.29, 1.82) is 0 Å². The number of anilines is 1. The molecule has 0 aromatic heterocycles. The van der Waals surface area contributed by atoms with Gasteiger partial charge in [-0.05, 0) is 19.1 Å². The normalized spacial score (nSPS) is 17.1. The van der Waals surface area contributed by atoms with Crippen LogP contribution in [0.2, 0.25) is 0 Å². The number of carbonyl (C=O) groups excluding carboxylic acids is 1. The summed E-state index contributed by atoms with van der Waals surface area (Å²) in [5, 5.41) is 0. The standard InChI is InChI=1S/C11H14N2OS/c1-8(12)11(14)13-6-7-15-10-5-3-2-4-9(10)13/h2-5,8H,6-7,12H2,1H3/t8-/m1/s1. The van der Waals surface area contributed by atoms with E-state index < -0.39 is 6.04 Å². The first-order valence-corrected chi connectivity index (χ1v) is 5.97. The summed E-state index contributed by atoms with van der Waals surface area (Å²) in [7, 11) is 0. The van der Waals surface area contributed by atoms with E-state index in [4.69, 9.17) is 5.73 Å². The van der Waals surface area contributed by atoms with Crippen LogP contribution in [0.15, 0.2) is 29.2 Å². The molecule has 1 atom stereocenters. The lowest BCUT2D eigenvalue weighted by atomic mass is 10.2. The quantitative estimate of drug-likeness (QED) is 0.782. The van der Waals surface area contributed by atoms with Gasteiger partial charge in [0.2, 0.25) is 5.91 Å². The first-order valence-electron chi connectivity index (χ1n) is 4.99. The Morgan fingerprint density at radius 1 is 1.53 bits per heavy atom. The number of thioether (sulfide) groups is 1. The van der Waals surface area contributed by atoms with E-state index in [0.29, 0.717) is 0 Å². The average molecular weight is 222 g/mol. The van der Waals surface area contributed by atoms with Crippen molar-refractivity contribution in [1.82, 2.24) is 0 Å². The fraction of sp³-hybridized carbons (Fsp3) is 0.364. The van der Waals surface area contributed by atoms with Gasteiger partial charge in [-0.2, -0.15) is 0 Å². The predicted molar refractivity (Wildman–Crippen MR) is 63.2 cm³/mol. The molecular weight excluding hydrogens is 208 g/mol. The zero-order valence-electron chi connectivity index (χ0n) is 8.64. The summed E-state index contributed by atoms with van der Waals surface area (Å²) in [6, 6.07) is 7.53. The average Bonchev–Trinajstić information content (AvgIpc) is 2.27. The molecule has 4 heteroatoms. The summed E-state index contributed by atoms with van der Waals surface area (Å²) < 4.78 is 0. The maximum absolute atomic E-state index is 11.9. The minimum atomic E-state index is -0.429. The number of nitrogens with two attached hydrogens (primary N) is 1. The first kappa shape index (κ1) is 10.5. The van der Waals surface area contributed by atoms with E-state index in [1.54, 1.807) is 23.6 Å². The van der Waals surface area contributed by atoms with Gasteiger partial charge in [0, 0.05) is 17.2 Å². The number of fused-ring (bicyclic) bond motifs is 1. The van der Waals surface area contributed by atoms with Gasteiger partial charge >= 0.3 is 0 Å². The number of hydrogen-bond acceptors (Lipinski definition) is 3. The molecule has 0 radical (unpaired) electrons. The van der Waals surface area contributed by atoms with Crippen LogP contribution in [0.1, 0.15) is 6.92 Å². The van der Waals surface area contributed by atoms with Gasteiger partial charge in [0.15, 0.2) is 0 Å². The van der Waals surface area contributed by atoms with E-state index in [2.05, 4.69) is 0 Å². The Morgan fingerprint density at radius 2 is 2.27 bits per heavy atom. The van der Waals surface area contributed by atoms with Crippen LogP contribution in [0.25, 0.3) is 0 Å². The molecule has 1 aliphatic heterocycles. The molecule has 2 rings (SSSR count). The summed E-state index contributed by atoms with van der Waals surface area (Å²) in [4.78, 5) is 14.8. The van der Waals surface area contributed by atoms with E-state index >= 15 is 0 Å². The van der Waals surface area contributed by atoms with Crippen LogP contribution >= 0.6 is 11.8 Å². The van der Waals surface area contributed by atoms with Crippen LogP contribution in [-0.2, 0) is 4.79 Å². The number of rotatable bonds is 1. The lowest BCUT2D eigenvalue weighted by Crippen LogP contribution is -2.44. The predicted octanol–water partition coefficient (Wildman–Crippen LogP) is 1.47. The van der Waals surface area contributed by atoms with E-state index in [0.717, 1.165) is 22.9 Å². The number of hydrogen-bond donors (Lipinski definition) is 1. The zero-order valence-corrected chi connectivity index (χ0v) is 9.46. The van der Waals surface area contributed by atoms with Crippen LogP contribution in [0.3, 0.4) is 0 Å². The van der Waals surface area contributed by atoms with Gasteiger partial charge in [0.1, 0.15) is 0 Å². The lowest BCUT2D eigenvalue weighted by molar-refractivity contribution is -0.119. The maximum Gasteiger partial charge on any atom is 0.243 e. The maximum atomic E-state index is 11.9. The van der Waals surface area contributed by atoms with Crippen molar-refractivity contribution in [2.24, 2.45) is 5.73 Å². The van der Waals surface area contributed by atoms with Gasteiger partial charge in [-0.1, -0.05) is 12.1 Å². The largest absolute Gasteiger partial charge is 0.320 e. The summed E-state index contributed by atoms with van der Waals surface area (Å²) in [5.41, 5.74) is 6.62. The Balaban J connectivity index is 2.34. The van der Waals surface area contributed by atoms with E-state index in [-0.39, 0.29) is 5.91 Å². The molecule has 1 amide bonds. The molecule has 3 nitrogen and oxygen atoms in total. The summed E-state index contributed by atoms with van der Waals surface area (Å²) >= 11 is 1.79. The highest BCUT2D eigenvalue weighted by Crippen LogP contribution is 2.34. The number of carbonyl (C=O) groups is 1. The van der Waals surface area contributed by atoms with E-state index in [1.807, 2.05) is 24.3 Å². The van der Waals surface area contributed by atoms with Crippen molar-refractivity contribution >= 4 is 23.4 Å². The Labute approximate surface area is 93.6 Å². The van der Waals surface area contributed by atoms with Crippen molar-refractivity contribution in [2.45, 2.75) is 17.9 Å². The monoisotopic (exact) mass is 222 g/mol. The van der Waals surface area contributed by atoms with E-state index in [1.165, 1.54) is 0 Å². The number of benzene rings is 1. The number of para-hydroxylation sites is 1. The minimum Gasteiger partial charge on any atom is -0.320 e. The second-order valence-electron chi connectivity index (χ2n) is 3.59. The lowest BCUT2D eigenvalue weighted by Gasteiger charge is -2.30. The van der Waals surface area contributed by atoms with Gasteiger partial charge in [-0.15, -0.1) is 11.8 Å². The fourth-order valence-corrected chi connectivity index (χ4v) is 2.64. The van der Waals surface area contributed by atoms with Crippen LogP contribution in [0, 0.1) is 0 Å². The third-order valence-corrected chi connectivity index (χ3v) is 3.43. The zero-order chi connectivity index (χ0) is 10.8. The highest BCUT2D eigenvalue weighted by molar-refractivity contribution is 7.99. The number of nitrogens with zero attached hydrogens (tertiary/aromatic N) is 1. The molecule has 1 aromatic rings. The minimum absolute atomic E-state index is 0.00255. The Bertz CT molecular complexity index is 379. The summed E-state index contributed by atoms with van der Waals surface area (Å²) in [5.74, 6) is 0.943. The molecule has 15 heavy (non-hydrogen) atoms. The van der Waals surface area contributed by atoms with Gasteiger partial charge in [-0.25, -0.2) is 0 Å². The molecule has 0 aliphatic carbocycles. The van der Waals surface area contributed by atoms with Crippen molar-refractivity contribution < 1.29 is 4.79 Å².